The Hall–Kier alpha value is -1.89. The van der Waals surface area contributed by atoms with Crippen molar-refractivity contribution in [2.75, 3.05) is 13.7 Å². The van der Waals surface area contributed by atoms with Crippen molar-refractivity contribution >= 4 is 10.0 Å². The van der Waals surface area contributed by atoms with Crippen molar-refractivity contribution < 1.29 is 13.2 Å². The minimum absolute atomic E-state index is 0.129. The highest BCUT2D eigenvalue weighted by Crippen LogP contribution is 2.17. The van der Waals surface area contributed by atoms with Crippen molar-refractivity contribution in [1.82, 2.24) is 4.72 Å². The molecule has 0 aliphatic rings. The van der Waals surface area contributed by atoms with Gasteiger partial charge in [-0.3, -0.25) is 0 Å². The van der Waals surface area contributed by atoms with E-state index in [4.69, 9.17) is 10.5 Å². The fourth-order valence-electron chi connectivity index (χ4n) is 1.87. The molecule has 2 aromatic rings. The predicted molar refractivity (Wildman–Crippen MR) is 81.6 cm³/mol. The van der Waals surface area contributed by atoms with E-state index in [2.05, 4.69) is 4.72 Å². The van der Waals surface area contributed by atoms with Gasteiger partial charge < -0.3 is 10.5 Å². The van der Waals surface area contributed by atoms with E-state index < -0.39 is 16.1 Å². The van der Waals surface area contributed by atoms with Crippen molar-refractivity contribution in [2.24, 2.45) is 5.73 Å². The molecule has 6 heteroatoms. The summed E-state index contributed by atoms with van der Waals surface area (Å²) in [6.45, 7) is 0.129. The van der Waals surface area contributed by atoms with Crippen molar-refractivity contribution in [3.63, 3.8) is 0 Å². The lowest BCUT2D eigenvalue weighted by atomic mass is 10.1. The Morgan fingerprint density at radius 2 is 1.86 bits per heavy atom. The summed E-state index contributed by atoms with van der Waals surface area (Å²) >= 11 is 0. The predicted octanol–water partition coefficient (Wildman–Crippen LogP) is 1.67. The van der Waals surface area contributed by atoms with Crippen LogP contribution in [0.2, 0.25) is 0 Å². The average Bonchev–Trinajstić information content (AvgIpc) is 2.53. The number of ether oxygens (including phenoxy) is 1. The van der Waals surface area contributed by atoms with Crippen LogP contribution in [0.25, 0.3) is 0 Å². The molecular weight excluding hydrogens is 288 g/mol. The van der Waals surface area contributed by atoms with Gasteiger partial charge in [0.1, 0.15) is 5.75 Å². The largest absolute Gasteiger partial charge is 0.497 e. The zero-order chi connectivity index (χ0) is 15.3. The van der Waals surface area contributed by atoms with E-state index >= 15 is 0 Å². The van der Waals surface area contributed by atoms with E-state index in [0.29, 0.717) is 5.75 Å². The van der Waals surface area contributed by atoms with Gasteiger partial charge in [0.25, 0.3) is 0 Å². The number of hydrogen-bond acceptors (Lipinski definition) is 4. The summed E-state index contributed by atoms with van der Waals surface area (Å²) in [5.41, 5.74) is 6.87. The zero-order valence-electron chi connectivity index (χ0n) is 11.7. The fraction of sp³-hybridized carbons (Fsp3) is 0.200. The first kappa shape index (κ1) is 15.5. The standard InChI is InChI=1S/C15H18N2O3S/c1-20-13-8-5-9-14(10-13)21(18,19)17-11-15(16)12-6-3-2-4-7-12/h2-10,15,17H,11,16H2,1H3. The molecule has 1 unspecified atom stereocenters. The van der Waals surface area contributed by atoms with Crippen molar-refractivity contribution in [2.45, 2.75) is 10.9 Å². The Balaban J connectivity index is 2.07. The average molecular weight is 306 g/mol. The third kappa shape index (κ3) is 4.04. The molecule has 0 saturated heterocycles. The van der Waals surface area contributed by atoms with Gasteiger partial charge in [0.05, 0.1) is 12.0 Å². The maximum atomic E-state index is 12.2. The second-order valence-corrected chi connectivity index (χ2v) is 6.32. The molecule has 0 saturated carbocycles. The van der Waals surface area contributed by atoms with Crippen molar-refractivity contribution in [1.29, 1.82) is 0 Å². The molecule has 0 spiro atoms. The summed E-state index contributed by atoms with van der Waals surface area (Å²) in [5, 5.41) is 0. The number of methoxy groups -OCH3 is 1. The van der Waals surface area contributed by atoms with E-state index in [9.17, 15) is 8.42 Å². The Morgan fingerprint density at radius 3 is 2.52 bits per heavy atom. The molecule has 0 aliphatic carbocycles. The van der Waals surface area contributed by atoms with Crippen LogP contribution in [0.4, 0.5) is 0 Å². The maximum absolute atomic E-state index is 12.2. The first-order chi connectivity index (χ1) is 10.0. The van der Waals surface area contributed by atoms with E-state index in [1.165, 1.54) is 19.2 Å². The van der Waals surface area contributed by atoms with Gasteiger partial charge in [-0.2, -0.15) is 0 Å². The Morgan fingerprint density at radius 1 is 1.14 bits per heavy atom. The summed E-state index contributed by atoms with van der Waals surface area (Å²) in [6, 6.07) is 15.3. The smallest absolute Gasteiger partial charge is 0.240 e. The van der Waals surface area contributed by atoms with Gasteiger partial charge >= 0.3 is 0 Å². The molecule has 5 nitrogen and oxygen atoms in total. The zero-order valence-corrected chi connectivity index (χ0v) is 12.5. The minimum atomic E-state index is -3.61. The van der Waals surface area contributed by atoms with Gasteiger partial charge in [-0.25, -0.2) is 13.1 Å². The lowest BCUT2D eigenvalue weighted by Gasteiger charge is -2.13. The van der Waals surface area contributed by atoms with E-state index in [0.717, 1.165) is 5.56 Å². The molecule has 2 rings (SSSR count). The summed E-state index contributed by atoms with van der Waals surface area (Å²) in [7, 11) is -2.12. The summed E-state index contributed by atoms with van der Waals surface area (Å²) in [4.78, 5) is 0.155. The van der Waals surface area contributed by atoms with Gasteiger partial charge in [-0.15, -0.1) is 0 Å². The minimum Gasteiger partial charge on any atom is -0.497 e. The summed E-state index contributed by atoms with van der Waals surface area (Å²) in [5.74, 6) is 0.491. The lowest BCUT2D eigenvalue weighted by Crippen LogP contribution is -2.31. The molecule has 3 N–H and O–H groups in total. The Kier molecular flexibility index (Phi) is 4.95. The van der Waals surface area contributed by atoms with Crippen LogP contribution in [0.1, 0.15) is 11.6 Å². The highest BCUT2D eigenvalue weighted by Gasteiger charge is 2.16. The topological polar surface area (TPSA) is 81.4 Å². The van der Waals surface area contributed by atoms with Crippen LogP contribution >= 0.6 is 0 Å². The van der Waals surface area contributed by atoms with Crippen LogP contribution < -0.4 is 15.2 Å². The number of benzene rings is 2. The lowest BCUT2D eigenvalue weighted by molar-refractivity contribution is 0.413. The number of hydrogen-bond donors (Lipinski definition) is 2. The first-order valence-electron chi connectivity index (χ1n) is 6.47. The van der Waals surface area contributed by atoms with E-state index in [1.54, 1.807) is 12.1 Å². The van der Waals surface area contributed by atoms with Crippen LogP contribution in [0, 0.1) is 0 Å². The third-order valence-corrected chi connectivity index (χ3v) is 4.49. The van der Waals surface area contributed by atoms with Crippen LogP contribution in [0.15, 0.2) is 59.5 Å². The van der Waals surface area contributed by atoms with E-state index in [-0.39, 0.29) is 11.4 Å². The fourth-order valence-corrected chi connectivity index (χ4v) is 2.96. The molecule has 1 atom stereocenters. The van der Waals surface area contributed by atoms with Crippen LogP contribution in [0.5, 0.6) is 5.75 Å². The first-order valence-corrected chi connectivity index (χ1v) is 7.95. The molecule has 112 valence electrons. The molecule has 0 fully saturated rings. The monoisotopic (exact) mass is 306 g/mol. The van der Waals surface area contributed by atoms with Gasteiger partial charge in [-0.1, -0.05) is 36.4 Å². The van der Waals surface area contributed by atoms with Crippen LogP contribution in [-0.4, -0.2) is 22.1 Å². The van der Waals surface area contributed by atoms with Crippen LogP contribution in [-0.2, 0) is 10.0 Å². The number of nitrogens with one attached hydrogen (secondary N) is 1. The molecule has 21 heavy (non-hydrogen) atoms. The van der Waals surface area contributed by atoms with Gasteiger partial charge in [0.2, 0.25) is 10.0 Å². The SMILES string of the molecule is COc1cccc(S(=O)(=O)NCC(N)c2ccccc2)c1. The number of rotatable bonds is 6. The highest BCUT2D eigenvalue weighted by atomic mass is 32.2. The second-order valence-electron chi connectivity index (χ2n) is 4.55. The molecular formula is C15H18N2O3S. The number of nitrogens with two attached hydrogens (primary N) is 1. The summed E-state index contributed by atoms with van der Waals surface area (Å²) < 4.78 is 32.0. The molecule has 0 radical (unpaired) electrons. The van der Waals surface area contributed by atoms with Crippen molar-refractivity contribution in [3.05, 3.63) is 60.2 Å². The molecule has 0 amide bonds. The quantitative estimate of drug-likeness (QED) is 0.850. The molecule has 2 aromatic carbocycles. The summed E-state index contributed by atoms with van der Waals surface area (Å²) in [6.07, 6.45) is 0. The van der Waals surface area contributed by atoms with Crippen LogP contribution in [0.3, 0.4) is 0 Å². The highest BCUT2D eigenvalue weighted by molar-refractivity contribution is 7.89. The third-order valence-electron chi connectivity index (χ3n) is 3.07. The van der Waals surface area contributed by atoms with E-state index in [1.807, 2.05) is 30.3 Å². The number of sulfonamides is 1. The van der Waals surface area contributed by atoms with Gasteiger partial charge in [0, 0.05) is 18.7 Å². The molecule has 0 aliphatic heterocycles. The molecule has 0 bridgehead atoms. The maximum Gasteiger partial charge on any atom is 0.240 e. The Labute approximate surface area is 124 Å². The van der Waals surface area contributed by atoms with Crippen molar-refractivity contribution in [3.8, 4) is 5.75 Å². The van der Waals surface area contributed by atoms with Gasteiger partial charge in [-0.05, 0) is 17.7 Å². The Bertz CT molecular complexity index is 687. The second kappa shape index (κ2) is 6.71. The normalized spacial score (nSPS) is 12.9. The molecule has 0 aromatic heterocycles. The molecule has 0 heterocycles. The van der Waals surface area contributed by atoms with Gasteiger partial charge in [0.15, 0.2) is 0 Å².